The van der Waals surface area contributed by atoms with Crippen molar-refractivity contribution in [3.8, 4) is 0 Å². The number of carbonyl (C=O) groups is 3. The van der Waals surface area contributed by atoms with Crippen LogP contribution in [0.5, 0.6) is 0 Å². The molecule has 1 aliphatic heterocycles. The number of ether oxygens (including phenoxy) is 1. The fraction of sp³-hybridized carbons (Fsp3) is 0.267. The van der Waals surface area contributed by atoms with E-state index >= 15 is 0 Å². The van der Waals surface area contributed by atoms with Crippen molar-refractivity contribution >= 4 is 17.8 Å². The molecular formula is C15H15NO4. The van der Waals surface area contributed by atoms with Crippen LogP contribution >= 0.6 is 0 Å². The first-order valence-corrected chi connectivity index (χ1v) is 6.31. The molecule has 0 saturated carbocycles. The van der Waals surface area contributed by atoms with Gasteiger partial charge in [0.15, 0.2) is 0 Å². The Morgan fingerprint density at radius 2 is 1.65 bits per heavy atom. The number of hydrogen-bond acceptors (Lipinski definition) is 4. The van der Waals surface area contributed by atoms with Gasteiger partial charge in [0.2, 0.25) is 0 Å². The second kappa shape index (κ2) is 5.69. The van der Waals surface area contributed by atoms with Crippen LogP contribution in [0, 0.1) is 0 Å². The van der Waals surface area contributed by atoms with Gasteiger partial charge in [0.25, 0.3) is 11.8 Å². The zero-order valence-electron chi connectivity index (χ0n) is 11.3. The fourth-order valence-electron chi connectivity index (χ4n) is 1.80. The number of rotatable bonds is 4. The van der Waals surface area contributed by atoms with Crippen molar-refractivity contribution in [1.29, 1.82) is 0 Å². The summed E-state index contributed by atoms with van der Waals surface area (Å²) in [5.74, 6) is -1.03. The molecule has 1 aliphatic rings. The molecule has 1 heterocycles. The highest BCUT2D eigenvalue weighted by atomic mass is 16.5. The summed E-state index contributed by atoms with van der Waals surface area (Å²) in [5.41, 5.74) is 1.22. The lowest BCUT2D eigenvalue weighted by Gasteiger charge is -2.14. The minimum Gasteiger partial charge on any atom is -0.459 e. The van der Waals surface area contributed by atoms with Gasteiger partial charge in [-0.2, -0.15) is 0 Å². The van der Waals surface area contributed by atoms with Crippen LogP contribution in [0.4, 0.5) is 0 Å². The lowest BCUT2D eigenvalue weighted by atomic mass is 10.1. The van der Waals surface area contributed by atoms with E-state index in [4.69, 9.17) is 4.74 Å². The zero-order chi connectivity index (χ0) is 14.7. The third-order valence-electron chi connectivity index (χ3n) is 2.77. The Hall–Kier alpha value is -2.43. The van der Waals surface area contributed by atoms with Crippen molar-refractivity contribution in [2.45, 2.75) is 26.5 Å². The monoisotopic (exact) mass is 273 g/mol. The molecule has 2 rings (SSSR count). The molecule has 0 spiro atoms. The molecule has 1 aromatic rings. The number of carbonyl (C=O) groups excluding carboxylic acids is 3. The normalized spacial score (nSPS) is 14.2. The molecule has 1 aromatic carbocycles. The predicted octanol–water partition coefficient (Wildman–Crippen LogP) is 1.68. The molecule has 2 amide bonds. The van der Waals surface area contributed by atoms with Crippen LogP contribution < -0.4 is 0 Å². The molecule has 104 valence electrons. The average Bonchev–Trinajstić information content (AvgIpc) is 2.70. The minimum absolute atomic E-state index is 0.173. The van der Waals surface area contributed by atoms with Gasteiger partial charge >= 0.3 is 5.97 Å². The summed E-state index contributed by atoms with van der Waals surface area (Å²) in [6, 6.07) is 6.66. The topological polar surface area (TPSA) is 63.7 Å². The second-order valence-electron chi connectivity index (χ2n) is 4.75. The van der Waals surface area contributed by atoms with Crippen molar-refractivity contribution in [3.63, 3.8) is 0 Å². The molecule has 20 heavy (non-hydrogen) atoms. The van der Waals surface area contributed by atoms with E-state index in [2.05, 4.69) is 0 Å². The quantitative estimate of drug-likeness (QED) is 0.618. The Labute approximate surface area is 116 Å². The van der Waals surface area contributed by atoms with Crippen molar-refractivity contribution in [2.75, 3.05) is 0 Å². The first-order valence-electron chi connectivity index (χ1n) is 6.31. The maximum absolute atomic E-state index is 11.7. The minimum atomic E-state index is -0.387. The summed E-state index contributed by atoms with van der Waals surface area (Å²) >= 11 is 0. The van der Waals surface area contributed by atoms with Crippen molar-refractivity contribution in [2.24, 2.45) is 0 Å². The maximum Gasteiger partial charge on any atom is 0.338 e. The van der Waals surface area contributed by atoms with E-state index in [1.54, 1.807) is 38.1 Å². The summed E-state index contributed by atoms with van der Waals surface area (Å²) in [4.78, 5) is 35.7. The van der Waals surface area contributed by atoms with Crippen LogP contribution in [0.2, 0.25) is 0 Å². The third kappa shape index (κ3) is 3.12. The highest BCUT2D eigenvalue weighted by Gasteiger charge is 2.23. The van der Waals surface area contributed by atoms with Gasteiger partial charge in [0.05, 0.1) is 18.2 Å². The Kier molecular flexibility index (Phi) is 3.98. The van der Waals surface area contributed by atoms with E-state index in [1.807, 2.05) is 0 Å². The molecule has 0 N–H and O–H groups in total. The van der Waals surface area contributed by atoms with Gasteiger partial charge < -0.3 is 4.74 Å². The Balaban J connectivity index is 2.04. The molecule has 0 unspecified atom stereocenters. The number of benzene rings is 1. The van der Waals surface area contributed by atoms with Crippen LogP contribution in [0.15, 0.2) is 36.4 Å². The van der Waals surface area contributed by atoms with Gasteiger partial charge in [0.1, 0.15) is 0 Å². The highest BCUT2D eigenvalue weighted by molar-refractivity contribution is 6.12. The van der Waals surface area contributed by atoms with Crippen molar-refractivity contribution in [1.82, 2.24) is 4.90 Å². The lowest BCUT2D eigenvalue weighted by molar-refractivity contribution is -0.137. The molecule has 0 bridgehead atoms. The van der Waals surface area contributed by atoms with Gasteiger partial charge in [-0.3, -0.25) is 14.5 Å². The molecule has 0 saturated heterocycles. The SMILES string of the molecule is CC(C)OC(=O)c1ccc(CN2C(=O)C=CC2=O)cc1. The zero-order valence-corrected chi connectivity index (χ0v) is 11.3. The smallest absolute Gasteiger partial charge is 0.338 e. The lowest BCUT2D eigenvalue weighted by Crippen LogP contribution is -2.29. The molecule has 0 aromatic heterocycles. The Morgan fingerprint density at radius 1 is 1.10 bits per heavy atom. The largest absolute Gasteiger partial charge is 0.459 e. The molecule has 5 heteroatoms. The van der Waals surface area contributed by atoms with E-state index in [0.29, 0.717) is 5.56 Å². The van der Waals surface area contributed by atoms with E-state index in [1.165, 1.54) is 12.2 Å². The summed E-state index contributed by atoms with van der Waals surface area (Å²) in [7, 11) is 0. The van der Waals surface area contributed by atoms with Crippen LogP contribution in [0.1, 0.15) is 29.8 Å². The van der Waals surface area contributed by atoms with Crippen molar-refractivity contribution < 1.29 is 19.1 Å². The van der Waals surface area contributed by atoms with Crippen LogP contribution in [-0.2, 0) is 20.9 Å². The number of nitrogens with zero attached hydrogens (tertiary/aromatic N) is 1. The molecular weight excluding hydrogens is 258 g/mol. The van der Waals surface area contributed by atoms with E-state index in [0.717, 1.165) is 10.5 Å². The molecule has 0 atom stereocenters. The van der Waals surface area contributed by atoms with Gasteiger partial charge in [-0.25, -0.2) is 4.79 Å². The Morgan fingerprint density at radius 3 is 2.15 bits per heavy atom. The van der Waals surface area contributed by atoms with Crippen LogP contribution in [-0.4, -0.2) is 28.8 Å². The molecule has 0 aliphatic carbocycles. The third-order valence-corrected chi connectivity index (χ3v) is 2.77. The Bertz CT molecular complexity index is 554. The number of esters is 1. The molecule has 0 fully saturated rings. The number of amides is 2. The van der Waals surface area contributed by atoms with Gasteiger partial charge in [-0.1, -0.05) is 12.1 Å². The summed E-state index contributed by atoms with van der Waals surface area (Å²) < 4.78 is 5.08. The van der Waals surface area contributed by atoms with Crippen molar-refractivity contribution in [3.05, 3.63) is 47.5 Å². The van der Waals surface area contributed by atoms with E-state index < -0.39 is 0 Å². The van der Waals surface area contributed by atoms with E-state index in [-0.39, 0.29) is 30.4 Å². The van der Waals surface area contributed by atoms with Gasteiger partial charge in [-0.05, 0) is 31.5 Å². The first-order chi connectivity index (χ1) is 9.47. The summed E-state index contributed by atoms with van der Waals surface area (Å²) in [6.07, 6.45) is 2.32. The van der Waals surface area contributed by atoms with Gasteiger partial charge in [-0.15, -0.1) is 0 Å². The maximum atomic E-state index is 11.7. The average molecular weight is 273 g/mol. The molecule has 5 nitrogen and oxygen atoms in total. The van der Waals surface area contributed by atoms with Crippen LogP contribution in [0.3, 0.4) is 0 Å². The summed E-state index contributed by atoms with van der Waals surface area (Å²) in [6.45, 7) is 3.76. The highest BCUT2D eigenvalue weighted by Crippen LogP contribution is 2.12. The predicted molar refractivity (Wildman–Crippen MR) is 71.7 cm³/mol. The summed E-state index contributed by atoms with van der Waals surface area (Å²) in [5, 5.41) is 0. The first kappa shape index (κ1) is 14.0. The van der Waals surface area contributed by atoms with E-state index in [9.17, 15) is 14.4 Å². The number of hydrogen-bond donors (Lipinski definition) is 0. The standard InChI is InChI=1S/C15H15NO4/c1-10(2)20-15(19)12-5-3-11(4-6-12)9-16-13(17)7-8-14(16)18/h3-8,10H,9H2,1-2H3. The van der Waals surface area contributed by atoms with Gasteiger partial charge in [0, 0.05) is 12.2 Å². The fourth-order valence-corrected chi connectivity index (χ4v) is 1.80. The molecule has 0 radical (unpaired) electrons. The van der Waals surface area contributed by atoms with Crippen LogP contribution in [0.25, 0.3) is 0 Å². The second-order valence-corrected chi connectivity index (χ2v) is 4.75. The number of imide groups is 1.